The molecule has 2 N–H and O–H groups in total. The van der Waals surface area contributed by atoms with Gasteiger partial charge in [-0.1, -0.05) is 6.07 Å². The zero-order chi connectivity index (χ0) is 13.7. The first-order valence-electron chi connectivity index (χ1n) is 6.10. The lowest BCUT2D eigenvalue weighted by Gasteiger charge is -2.20. The molecule has 3 nitrogen and oxygen atoms in total. The van der Waals surface area contributed by atoms with Gasteiger partial charge in [0, 0.05) is 28.9 Å². The summed E-state index contributed by atoms with van der Waals surface area (Å²) < 4.78 is 0. The molecule has 0 radical (unpaired) electrons. The van der Waals surface area contributed by atoms with Crippen LogP contribution < -0.4 is 5.32 Å². The molecule has 0 spiro atoms. The van der Waals surface area contributed by atoms with E-state index < -0.39 is 0 Å². The highest BCUT2D eigenvalue weighted by atomic mass is 32.2. The summed E-state index contributed by atoms with van der Waals surface area (Å²) in [6.07, 6.45) is 3.97. The van der Waals surface area contributed by atoms with Crippen LogP contribution in [-0.4, -0.2) is 34.2 Å². The van der Waals surface area contributed by atoms with Crippen molar-refractivity contribution >= 4 is 34.4 Å². The van der Waals surface area contributed by atoms with Crippen molar-refractivity contribution in [1.82, 2.24) is 10.3 Å². The maximum atomic E-state index is 9.25. The summed E-state index contributed by atoms with van der Waals surface area (Å²) in [6.45, 7) is 3.12. The van der Waals surface area contributed by atoms with Gasteiger partial charge in [0.25, 0.3) is 0 Å². The maximum absolute atomic E-state index is 9.25. The molecule has 0 aromatic carbocycles. The smallest absolute Gasteiger partial charge is 0.133 e. The van der Waals surface area contributed by atoms with Crippen molar-refractivity contribution in [2.45, 2.75) is 24.8 Å². The molecule has 104 valence electrons. The van der Waals surface area contributed by atoms with Crippen LogP contribution in [0.1, 0.15) is 11.8 Å². The standard InChI is InChI=1S/C13H18N2OS3/c1-9(12(8-16)17-2)14-6-10-7-15-13(19-10)11-4-3-5-18-11/h3-5,7,9,12,14,16H,6,8H2,1-2H3. The van der Waals surface area contributed by atoms with Crippen LogP contribution in [0, 0.1) is 0 Å². The first kappa shape index (κ1) is 15.0. The first-order valence-corrected chi connectivity index (χ1v) is 9.08. The third-order valence-electron chi connectivity index (χ3n) is 2.92. The highest BCUT2D eigenvalue weighted by molar-refractivity contribution is 7.99. The third kappa shape index (κ3) is 4.03. The van der Waals surface area contributed by atoms with Gasteiger partial charge in [-0.05, 0) is 24.6 Å². The Bertz CT molecular complexity index is 480. The van der Waals surface area contributed by atoms with E-state index in [1.165, 1.54) is 9.75 Å². The number of thiazole rings is 1. The Balaban J connectivity index is 1.90. The summed E-state index contributed by atoms with van der Waals surface area (Å²) in [6, 6.07) is 4.43. The predicted molar refractivity (Wildman–Crippen MR) is 86.1 cm³/mol. The van der Waals surface area contributed by atoms with Gasteiger partial charge in [-0.15, -0.1) is 22.7 Å². The number of aliphatic hydroxyl groups is 1. The van der Waals surface area contributed by atoms with Crippen molar-refractivity contribution in [2.24, 2.45) is 0 Å². The van der Waals surface area contributed by atoms with Crippen molar-refractivity contribution in [2.75, 3.05) is 12.9 Å². The van der Waals surface area contributed by atoms with Gasteiger partial charge in [0.2, 0.25) is 0 Å². The number of aromatic nitrogens is 1. The van der Waals surface area contributed by atoms with E-state index in [9.17, 15) is 5.11 Å². The van der Waals surface area contributed by atoms with E-state index in [0.29, 0.717) is 0 Å². The number of hydrogen-bond donors (Lipinski definition) is 2. The van der Waals surface area contributed by atoms with Crippen LogP contribution in [0.25, 0.3) is 9.88 Å². The number of thiophene rings is 1. The van der Waals surface area contributed by atoms with E-state index in [0.717, 1.165) is 11.6 Å². The van der Waals surface area contributed by atoms with Crippen LogP contribution >= 0.6 is 34.4 Å². The molecule has 0 aliphatic rings. The molecule has 2 aromatic heterocycles. The number of aliphatic hydroxyl groups excluding tert-OH is 1. The lowest BCUT2D eigenvalue weighted by molar-refractivity contribution is 0.276. The van der Waals surface area contributed by atoms with Gasteiger partial charge in [0.1, 0.15) is 5.01 Å². The Morgan fingerprint density at radius 3 is 3.00 bits per heavy atom. The van der Waals surface area contributed by atoms with Crippen molar-refractivity contribution in [3.8, 4) is 9.88 Å². The number of nitrogens with zero attached hydrogens (tertiary/aromatic N) is 1. The molecule has 2 rings (SSSR count). The zero-order valence-corrected chi connectivity index (χ0v) is 13.4. The summed E-state index contributed by atoms with van der Waals surface area (Å²) in [5.41, 5.74) is 0. The number of thioether (sulfide) groups is 1. The van der Waals surface area contributed by atoms with E-state index in [1.54, 1.807) is 34.4 Å². The van der Waals surface area contributed by atoms with E-state index in [2.05, 4.69) is 28.7 Å². The van der Waals surface area contributed by atoms with Crippen LogP contribution in [0.5, 0.6) is 0 Å². The van der Waals surface area contributed by atoms with Crippen LogP contribution in [-0.2, 0) is 6.54 Å². The topological polar surface area (TPSA) is 45.1 Å². The minimum atomic E-state index is 0.207. The van der Waals surface area contributed by atoms with Crippen molar-refractivity contribution in [3.63, 3.8) is 0 Å². The quantitative estimate of drug-likeness (QED) is 0.824. The molecule has 6 heteroatoms. The van der Waals surface area contributed by atoms with E-state index in [4.69, 9.17) is 0 Å². The molecule has 0 fully saturated rings. The normalized spacial score (nSPS) is 14.5. The van der Waals surface area contributed by atoms with Gasteiger partial charge < -0.3 is 10.4 Å². The van der Waals surface area contributed by atoms with E-state index in [1.807, 2.05) is 18.5 Å². The lowest BCUT2D eigenvalue weighted by atomic mass is 10.2. The maximum Gasteiger partial charge on any atom is 0.133 e. The van der Waals surface area contributed by atoms with E-state index >= 15 is 0 Å². The monoisotopic (exact) mass is 314 g/mol. The van der Waals surface area contributed by atoms with Crippen LogP contribution in [0.4, 0.5) is 0 Å². The molecule has 2 unspecified atom stereocenters. The molecule has 0 amide bonds. The zero-order valence-electron chi connectivity index (χ0n) is 11.0. The average Bonchev–Trinajstić information content (AvgIpc) is 3.08. The molecule has 19 heavy (non-hydrogen) atoms. The second kappa shape index (κ2) is 7.40. The van der Waals surface area contributed by atoms with Crippen molar-refractivity contribution < 1.29 is 5.11 Å². The molecule has 0 bridgehead atoms. The third-order valence-corrected chi connectivity index (χ3v) is 6.12. The molecule has 0 saturated carbocycles. The summed E-state index contributed by atoms with van der Waals surface area (Å²) in [7, 11) is 0. The minimum absolute atomic E-state index is 0.207. The van der Waals surface area contributed by atoms with E-state index in [-0.39, 0.29) is 17.9 Å². The van der Waals surface area contributed by atoms with Crippen molar-refractivity contribution in [3.05, 3.63) is 28.6 Å². The fourth-order valence-electron chi connectivity index (χ4n) is 1.73. The largest absolute Gasteiger partial charge is 0.395 e. The highest BCUT2D eigenvalue weighted by Gasteiger charge is 2.15. The second-order valence-electron chi connectivity index (χ2n) is 4.24. The van der Waals surface area contributed by atoms with Gasteiger partial charge in [0.15, 0.2) is 0 Å². The fraction of sp³-hybridized carbons (Fsp3) is 0.462. The fourth-order valence-corrected chi connectivity index (χ4v) is 4.05. The summed E-state index contributed by atoms with van der Waals surface area (Å²) in [5, 5.41) is 16.1. The lowest BCUT2D eigenvalue weighted by Crippen LogP contribution is -2.36. The molecule has 0 saturated heterocycles. The van der Waals surface area contributed by atoms with Crippen LogP contribution in [0.15, 0.2) is 23.7 Å². The summed E-state index contributed by atoms with van der Waals surface area (Å²) in [5.74, 6) is 0. The Hall–Kier alpha value is -0.400. The van der Waals surface area contributed by atoms with Crippen molar-refractivity contribution in [1.29, 1.82) is 0 Å². The summed E-state index contributed by atoms with van der Waals surface area (Å²) in [4.78, 5) is 6.91. The van der Waals surface area contributed by atoms with Crippen LogP contribution in [0.3, 0.4) is 0 Å². The highest BCUT2D eigenvalue weighted by Crippen LogP contribution is 2.28. The minimum Gasteiger partial charge on any atom is -0.395 e. The SMILES string of the molecule is CSC(CO)C(C)NCc1cnc(-c2cccs2)s1. The molecule has 0 aliphatic heterocycles. The van der Waals surface area contributed by atoms with Gasteiger partial charge in [-0.2, -0.15) is 11.8 Å². The molecular formula is C13H18N2OS3. The number of rotatable bonds is 7. The Labute approximate surface area is 126 Å². The Morgan fingerprint density at radius 1 is 1.53 bits per heavy atom. The first-order chi connectivity index (χ1) is 9.24. The second-order valence-corrected chi connectivity index (χ2v) is 7.38. The number of hydrogen-bond acceptors (Lipinski definition) is 6. The van der Waals surface area contributed by atoms with Gasteiger partial charge >= 0.3 is 0 Å². The molecule has 2 aromatic rings. The van der Waals surface area contributed by atoms with Gasteiger partial charge in [0.05, 0.1) is 11.5 Å². The van der Waals surface area contributed by atoms with Gasteiger partial charge in [-0.3, -0.25) is 0 Å². The average molecular weight is 315 g/mol. The molecule has 0 aliphatic carbocycles. The molecular weight excluding hydrogens is 296 g/mol. The number of nitrogens with one attached hydrogen (secondary N) is 1. The predicted octanol–water partition coefficient (Wildman–Crippen LogP) is 3.07. The Morgan fingerprint density at radius 2 is 2.37 bits per heavy atom. The van der Waals surface area contributed by atoms with Crippen LogP contribution in [0.2, 0.25) is 0 Å². The summed E-state index contributed by atoms with van der Waals surface area (Å²) >= 11 is 5.14. The van der Waals surface area contributed by atoms with Gasteiger partial charge in [-0.25, -0.2) is 4.98 Å². The molecule has 2 heterocycles. The Kier molecular flexibility index (Phi) is 5.84. The molecule has 2 atom stereocenters.